The Kier molecular flexibility index (Phi) is 3.02. The highest BCUT2D eigenvalue weighted by Crippen LogP contribution is 2.33. The normalized spacial score (nSPS) is 20.2. The molecule has 1 aromatic carbocycles. The Labute approximate surface area is 130 Å². The van der Waals surface area contributed by atoms with E-state index in [1.165, 1.54) is 4.52 Å². The number of halogens is 2. The molecule has 2 aromatic heterocycles. The minimum atomic E-state index is -2.73. The fourth-order valence-corrected chi connectivity index (χ4v) is 2.73. The van der Waals surface area contributed by atoms with Gasteiger partial charge in [-0.05, 0) is 0 Å². The third kappa shape index (κ3) is 2.50. The van der Waals surface area contributed by atoms with E-state index in [1.54, 1.807) is 6.07 Å². The highest BCUT2D eigenvalue weighted by Gasteiger charge is 2.41. The Hall–Kier alpha value is -2.61. The predicted molar refractivity (Wildman–Crippen MR) is 80.9 cm³/mol. The van der Waals surface area contributed by atoms with Gasteiger partial charge in [-0.1, -0.05) is 30.3 Å². The molecule has 23 heavy (non-hydrogen) atoms. The summed E-state index contributed by atoms with van der Waals surface area (Å²) in [6.07, 6.45) is -0.317. The van der Waals surface area contributed by atoms with Crippen molar-refractivity contribution in [1.82, 2.24) is 24.9 Å². The zero-order valence-corrected chi connectivity index (χ0v) is 12.1. The third-order valence-electron chi connectivity index (χ3n) is 3.86. The molecule has 118 valence electrons. The minimum Gasteiger partial charge on any atom is -0.368 e. The lowest BCUT2D eigenvalue weighted by Crippen LogP contribution is -2.19. The summed E-state index contributed by atoms with van der Waals surface area (Å²) in [6, 6.07) is 10.7. The topological polar surface area (TPSA) is 81.1 Å². The highest BCUT2D eigenvalue weighted by atomic mass is 19.3. The number of hydrogen-bond donors (Lipinski definition) is 2. The van der Waals surface area contributed by atoms with Crippen molar-refractivity contribution in [3.63, 3.8) is 0 Å². The fraction of sp³-hybridized carbons (Fsp3) is 0.267. The monoisotopic (exact) mass is 316 g/mol. The van der Waals surface area contributed by atoms with E-state index in [0.717, 1.165) is 5.56 Å². The van der Waals surface area contributed by atoms with E-state index in [1.807, 2.05) is 30.3 Å². The number of benzene rings is 1. The Morgan fingerprint density at radius 2 is 2.00 bits per heavy atom. The van der Waals surface area contributed by atoms with E-state index in [4.69, 9.17) is 5.73 Å². The lowest BCUT2D eigenvalue weighted by Gasteiger charge is -2.05. The molecule has 8 heteroatoms. The second-order valence-corrected chi connectivity index (χ2v) is 5.60. The molecular formula is C15H14F2N6. The van der Waals surface area contributed by atoms with Gasteiger partial charge in [0.2, 0.25) is 5.95 Å². The zero-order valence-electron chi connectivity index (χ0n) is 12.1. The molecule has 1 fully saturated rings. The van der Waals surface area contributed by atoms with Crippen LogP contribution in [0.25, 0.3) is 16.9 Å². The van der Waals surface area contributed by atoms with Crippen LogP contribution in [0.15, 0.2) is 36.4 Å². The van der Waals surface area contributed by atoms with Gasteiger partial charge < -0.3 is 11.1 Å². The summed E-state index contributed by atoms with van der Waals surface area (Å²) in [7, 11) is 0. The maximum atomic E-state index is 13.3. The van der Waals surface area contributed by atoms with E-state index >= 15 is 0 Å². The summed E-state index contributed by atoms with van der Waals surface area (Å²) in [5.41, 5.74) is 8.00. The van der Waals surface area contributed by atoms with E-state index < -0.39 is 12.0 Å². The van der Waals surface area contributed by atoms with Crippen molar-refractivity contribution in [1.29, 1.82) is 0 Å². The van der Waals surface area contributed by atoms with Crippen LogP contribution in [-0.4, -0.2) is 32.0 Å². The molecule has 0 spiro atoms. The molecule has 4 rings (SSSR count). The van der Waals surface area contributed by atoms with E-state index in [2.05, 4.69) is 20.4 Å². The van der Waals surface area contributed by atoms with Gasteiger partial charge in [0.15, 0.2) is 11.5 Å². The van der Waals surface area contributed by atoms with E-state index in [9.17, 15) is 8.78 Å². The van der Waals surface area contributed by atoms with Gasteiger partial charge in [0.05, 0.1) is 18.3 Å². The number of alkyl halides is 2. The second-order valence-electron chi connectivity index (χ2n) is 5.60. The van der Waals surface area contributed by atoms with Crippen LogP contribution in [-0.2, 0) is 0 Å². The first-order valence-electron chi connectivity index (χ1n) is 7.22. The number of rotatable bonds is 2. The van der Waals surface area contributed by atoms with Crippen LogP contribution in [0.4, 0.5) is 14.7 Å². The first kappa shape index (κ1) is 14.0. The summed E-state index contributed by atoms with van der Waals surface area (Å²) in [5, 5.41) is 6.96. The van der Waals surface area contributed by atoms with Crippen LogP contribution in [0.5, 0.6) is 0 Å². The Bertz CT molecular complexity index is 861. The van der Waals surface area contributed by atoms with Crippen LogP contribution in [0.1, 0.15) is 18.3 Å². The number of anilines is 1. The van der Waals surface area contributed by atoms with Gasteiger partial charge in [-0.3, -0.25) is 0 Å². The third-order valence-corrected chi connectivity index (χ3v) is 3.86. The van der Waals surface area contributed by atoms with Crippen molar-refractivity contribution in [2.24, 2.45) is 0 Å². The van der Waals surface area contributed by atoms with Gasteiger partial charge in [0.25, 0.3) is 5.92 Å². The second kappa shape index (κ2) is 4.95. The van der Waals surface area contributed by atoms with Crippen molar-refractivity contribution in [3.8, 4) is 11.3 Å². The van der Waals surface area contributed by atoms with Gasteiger partial charge in [0.1, 0.15) is 0 Å². The van der Waals surface area contributed by atoms with Crippen LogP contribution in [0.3, 0.4) is 0 Å². The molecule has 1 saturated heterocycles. The minimum absolute atomic E-state index is 0.171. The maximum Gasteiger partial charge on any atom is 0.262 e. The van der Waals surface area contributed by atoms with E-state index in [0.29, 0.717) is 17.2 Å². The average molecular weight is 316 g/mol. The fourth-order valence-electron chi connectivity index (χ4n) is 2.73. The molecule has 0 unspecified atom stereocenters. The summed E-state index contributed by atoms with van der Waals surface area (Å²) in [4.78, 5) is 8.65. The quantitative estimate of drug-likeness (QED) is 0.756. The van der Waals surface area contributed by atoms with Crippen LogP contribution < -0.4 is 11.1 Å². The number of fused-ring (bicyclic) bond motifs is 1. The zero-order chi connectivity index (χ0) is 16.0. The van der Waals surface area contributed by atoms with Crippen molar-refractivity contribution in [2.75, 3.05) is 12.3 Å². The largest absolute Gasteiger partial charge is 0.368 e. The van der Waals surface area contributed by atoms with Gasteiger partial charge in [-0.2, -0.15) is 4.52 Å². The van der Waals surface area contributed by atoms with Crippen molar-refractivity contribution in [2.45, 2.75) is 18.4 Å². The van der Waals surface area contributed by atoms with Gasteiger partial charge in [-0.15, -0.1) is 5.10 Å². The molecule has 3 heterocycles. The van der Waals surface area contributed by atoms with Crippen LogP contribution in [0, 0.1) is 0 Å². The predicted octanol–water partition coefficient (Wildman–Crippen LogP) is 2.04. The number of nitrogens with one attached hydrogen (secondary N) is 1. The number of nitrogen functional groups attached to an aromatic ring is 1. The Morgan fingerprint density at radius 1 is 1.22 bits per heavy atom. The van der Waals surface area contributed by atoms with Crippen LogP contribution in [0.2, 0.25) is 0 Å². The van der Waals surface area contributed by atoms with Crippen molar-refractivity contribution >= 4 is 11.6 Å². The molecule has 0 amide bonds. The molecule has 3 aromatic rings. The molecule has 6 nitrogen and oxygen atoms in total. The average Bonchev–Trinajstić information content (AvgIpc) is 3.11. The Balaban J connectivity index is 1.76. The molecule has 1 atom stereocenters. The summed E-state index contributed by atoms with van der Waals surface area (Å²) in [6.45, 7) is -0.365. The lowest BCUT2D eigenvalue weighted by molar-refractivity contribution is 0.0208. The number of aromatic nitrogens is 4. The maximum absolute atomic E-state index is 13.3. The van der Waals surface area contributed by atoms with Gasteiger partial charge in [-0.25, -0.2) is 18.7 Å². The lowest BCUT2D eigenvalue weighted by atomic mass is 10.1. The van der Waals surface area contributed by atoms with Gasteiger partial charge >= 0.3 is 0 Å². The molecule has 0 bridgehead atoms. The van der Waals surface area contributed by atoms with Gasteiger partial charge in [0, 0.05) is 18.1 Å². The molecule has 1 aliphatic rings. The molecule has 1 aliphatic heterocycles. The smallest absolute Gasteiger partial charge is 0.262 e. The molecule has 3 N–H and O–H groups in total. The number of nitrogens with zero attached hydrogens (tertiary/aromatic N) is 4. The first-order valence-corrected chi connectivity index (χ1v) is 7.22. The standard InChI is InChI=1S/C15H14F2N6/c16-15(17)7-11(19-8-15)13-21-12-6-10(9-4-2-1-3-5-9)20-14(18)23(12)22-13/h1-6,11,19H,7-8H2,(H2,18,20)/t11-/m0/s1. The highest BCUT2D eigenvalue weighted by molar-refractivity contribution is 5.65. The molecule has 0 saturated carbocycles. The van der Waals surface area contributed by atoms with Crippen LogP contribution >= 0.6 is 0 Å². The first-order chi connectivity index (χ1) is 11.0. The molecular weight excluding hydrogens is 302 g/mol. The number of hydrogen-bond acceptors (Lipinski definition) is 5. The SMILES string of the molecule is Nc1nc(-c2ccccc2)cc2nc([C@@H]3CC(F)(F)CN3)nn12. The summed E-state index contributed by atoms with van der Waals surface area (Å²) in [5.74, 6) is -2.26. The van der Waals surface area contributed by atoms with E-state index in [-0.39, 0.29) is 18.9 Å². The van der Waals surface area contributed by atoms with Crippen molar-refractivity contribution < 1.29 is 8.78 Å². The van der Waals surface area contributed by atoms with Crippen molar-refractivity contribution in [3.05, 3.63) is 42.2 Å². The summed E-state index contributed by atoms with van der Waals surface area (Å²) >= 11 is 0. The molecule has 0 radical (unpaired) electrons. The molecule has 0 aliphatic carbocycles. The Morgan fingerprint density at radius 3 is 2.70 bits per heavy atom. The number of nitrogens with two attached hydrogens (primary N) is 1. The summed E-state index contributed by atoms with van der Waals surface area (Å²) < 4.78 is 28.1.